The topological polar surface area (TPSA) is 96.5 Å². The quantitative estimate of drug-likeness (QED) is 0.523. The van der Waals surface area contributed by atoms with Crippen LogP contribution < -0.4 is 14.8 Å². The Kier molecular flexibility index (Phi) is 6.38. The molecule has 36 heavy (non-hydrogen) atoms. The second-order valence-electron chi connectivity index (χ2n) is 10.1. The van der Waals surface area contributed by atoms with E-state index < -0.39 is 10.0 Å². The third kappa shape index (κ3) is 4.90. The fourth-order valence-corrected chi connectivity index (χ4v) is 6.09. The molecule has 1 fully saturated rings. The molecule has 2 aliphatic rings. The number of benzene rings is 2. The molecule has 0 unspecified atom stereocenters. The predicted molar refractivity (Wildman–Crippen MR) is 142 cm³/mol. The first-order chi connectivity index (χ1) is 17.1. The van der Waals surface area contributed by atoms with Crippen LogP contribution in [0.25, 0.3) is 11.3 Å². The smallest absolute Gasteiger partial charge is 0.264 e. The molecule has 8 nitrogen and oxygen atoms in total. The van der Waals surface area contributed by atoms with Crippen LogP contribution in [0, 0.1) is 13.8 Å². The summed E-state index contributed by atoms with van der Waals surface area (Å²) in [7, 11) is -3.91. The van der Waals surface area contributed by atoms with E-state index in [-0.39, 0.29) is 16.4 Å². The lowest BCUT2D eigenvalue weighted by Gasteiger charge is -2.44. The molecular weight excluding hydrogens is 474 g/mol. The Labute approximate surface area is 213 Å². The van der Waals surface area contributed by atoms with Crippen molar-refractivity contribution in [2.45, 2.75) is 57.0 Å². The van der Waals surface area contributed by atoms with Crippen LogP contribution in [0.2, 0.25) is 0 Å². The van der Waals surface area contributed by atoms with Crippen LogP contribution >= 0.6 is 0 Å². The minimum atomic E-state index is -3.91. The van der Waals surface area contributed by atoms with E-state index in [4.69, 9.17) is 4.74 Å². The van der Waals surface area contributed by atoms with Gasteiger partial charge in [-0.15, -0.1) is 0 Å². The lowest BCUT2D eigenvalue weighted by molar-refractivity contribution is 0.107. The van der Waals surface area contributed by atoms with Crippen molar-refractivity contribution < 1.29 is 13.2 Å². The van der Waals surface area contributed by atoms with Crippen LogP contribution in [0.4, 0.5) is 11.6 Å². The lowest BCUT2D eigenvalue weighted by atomic mass is 9.87. The first kappa shape index (κ1) is 24.5. The van der Waals surface area contributed by atoms with Gasteiger partial charge >= 0.3 is 0 Å². The fourth-order valence-electron chi connectivity index (χ4n) is 5.10. The second-order valence-corrected chi connectivity index (χ2v) is 11.8. The summed E-state index contributed by atoms with van der Waals surface area (Å²) >= 11 is 0. The van der Waals surface area contributed by atoms with Crippen molar-refractivity contribution in [3.8, 4) is 17.1 Å². The maximum absolute atomic E-state index is 13.3. The molecule has 0 aliphatic carbocycles. The molecule has 0 atom stereocenters. The summed E-state index contributed by atoms with van der Waals surface area (Å²) in [5.41, 5.74) is 4.04. The molecule has 0 amide bonds. The maximum atomic E-state index is 13.3. The van der Waals surface area contributed by atoms with E-state index in [9.17, 15) is 8.42 Å². The Morgan fingerprint density at radius 2 is 1.69 bits per heavy atom. The van der Waals surface area contributed by atoms with Gasteiger partial charge in [0.1, 0.15) is 6.61 Å². The SMILES string of the molecule is Cc1cccc(C)c1-c1cc2nc(n1)NS(=O)(=O)c1cccc(c1)NC1(CCN(C(C)C)CC1)CO2. The third-order valence-electron chi connectivity index (χ3n) is 7.20. The number of fused-ring (bicyclic) bond motifs is 4. The minimum absolute atomic E-state index is 0.00670. The van der Waals surface area contributed by atoms with Gasteiger partial charge in [0.15, 0.2) is 0 Å². The van der Waals surface area contributed by atoms with Gasteiger partial charge in [0.25, 0.3) is 10.0 Å². The van der Waals surface area contributed by atoms with E-state index in [1.54, 1.807) is 24.3 Å². The van der Waals surface area contributed by atoms with Crippen LogP contribution in [0.3, 0.4) is 0 Å². The molecular formula is C27H33N5O3S. The molecule has 1 spiro atoms. The molecule has 190 valence electrons. The number of hydrogen-bond acceptors (Lipinski definition) is 7. The summed E-state index contributed by atoms with van der Waals surface area (Å²) in [6, 6.07) is 15.2. The molecule has 0 radical (unpaired) electrons. The van der Waals surface area contributed by atoms with Gasteiger partial charge in [0.2, 0.25) is 11.8 Å². The summed E-state index contributed by atoms with van der Waals surface area (Å²) in [6.07, 6.45) is 1.73. The van der Waals surface area contributed by atoms with Crippen molar-refractivity contribution in [1.82, 2.24) is 14.9 Å². The number of piperidine rings is 1. The largest absolute Gasteiger partial charge is 0.475 e. The highest BCUT2D eigenvalue weighted by Gasteiger charge is 2.37. The Morgan fingerprint density at radius 3 is 2.39 bits per heavy atom. The normalized spacial score (nSPS) is 18.9. The monoisotopic (exact) mass is 507 g/mol. The van der Waals surface area contributed by atoms with Crippen LogP contribution in [-0.4, -0.2) is 54.6 Å². The van der Waals surface area contributed by atoms with E-state index in [2.05, 4.69) is 38.8 Å². The van der Waals surface area contributed by atoms with E-state index in [0.717, 1.165) is 48.3 Å². The molecule has 1 aromatic heterocycles. The van der Waals surface area contributed by atoms with Crippen molar-refractivity contribution in [1.29, 1.82) is 0 Å². The number of ether oxygens (including phenoxy) is 1. The number of hydrogen-bond donors (Lipinski definition) is 2. The number of rotatable bonds is 2. The Morgan fingerprint density at radius 1 is 1.00 bits per heavy atom. The van der Waals surface area contributed by atoms with Gasteiger partial charge in [-0.05, 0) is 69.9 Å². The Balaban J connectivity index is 1.61. The van der Waals surface area contributed by atoms with Gasteiger partial charge in [-0.1, -0.05) is 24.3 Å². The molecule has 3 heterocycles. The summed E-state index contributed by atoms with van der Waals surface area (Å²) in [4.78, 5) is 11.6. The Bertz CT molecular complexity index is 1360. The van der Waals surface area contributed by atoms with Crippen LogP contribution in [0.15, 0.2) is 53.4 Å². The predicted octanol–water partition coefficient (Wildman–Crippen LogP) is 4.61. The van der Waals surface area contributed by atoms with Crippen LogP contribution in [0.5, 0.6) is 5.88 Å². The number of nitrogens with one attached hydrogen (secondary N) is 2. The molecule has 2 N–H and O–H groups in total. The summed E-state index contributed by atoms with van der Waals surface area (Å²) in [6.45, 7) is 10.7. The Hall–Kier alpha value is -3.17. The molecule has 9 heteroatoms. The molecule has 5 rings (SSSR count). The highest BCUT2D eigenvalue weighted by atomic mass is 32.2. The van der Waals surface area contributed by atoms with E-state index in [1.807, 2.05) is 38.1 Å². The zero-order chi connectivity index (χ0) is 25.5. The summed E-state index contributed by atoms with van der Waals surface area (Å²) < 4.78 is 35.5. The maximum Gasteiger partial charge on any atom is 0.264 e. The number of aryl methyl sites for hydroxylation is 2. The van der Waals surface area contributed by atoms with Gasteiger partial charge in [-0.25, -0.2) is 18.1 Å². The molecule has 2 aliphatic heterocycles. The van der Waals surface area contributed by atoms with Crippen molar-refractivity contribution in [2.75, 3.05) is 29.7 Å². The molecule has 1 saturated heterocycles. The highest BCUT2D eigenvalue weighted by molar-refractivity contribution is 7.92. The van der Waals surface area contributed by atoms with Gasteiger partial charge in [0.05, 0.1) is 16.1 Å². The summed E-state index contributed by atoms with van der Waals surface area (Å²) in [5.74, 6) is 0.338. The minimum Gasteiger partial charge on any atom is -0.475 e. The summed E-state index contributed by atoms with van der Waals surface area (Å²) in [5, 5.41) is 3.63. The first-order valence-corrected chi connectivity index (χ1v) is 13.9. The van der Waals surface area contributed by atoms with Crippen molar-refractivity contribution in [3.63, 3.8) is 0 Å². The molecule has 3 aromatic rings. The van der Waals surface area contributed by atoms with Crippen molar-refractivity contribution >= 4 is 21.7 Å². The zero-order valence-electron chi connectivity index (χ0n) is 21.2. The lowest BCUT2D eigenvalue weighted by Crippen LogP contribution is -2.54. The van der Waals surface area contributed by atoms with Gasteiger partial charge in [-0.3, -0.25) is 0 Å². The first-order valence-electron chi connectivity index (χ1n) is 12.4. The average Bonchev–Trinajstić information content (AvgIpc) is 2.82. The number of likely N-dealkylation sites (tertiary alicyclic amines) is 1. The van der Waals surface area contributed by atoms with Crippen LogP contribution in [0.1, 0.15) is 37.8 Å². The average molecular weight is 508 g/mol. The number of aromatic nitrogens is 2. The van der Waals surface area contributed by atoms with Gasteiger partial charge in [-0.2, -0.15) is 4.98 Å². The van der Waals surface area contributed by atoms with E-state index in [1.165, 1.54) is 0 Å². The fraction of sp³-hybridized carbons (Fsp3) is 0.407. The number of anilines is 2. The third-order valence-corrected chi connectivity index (χ3v) is 8.53. The molecule has 2 aromatic carbocycles. The van der Waals surface area contributed by atoms with Crippen LogP contribution in [-0.2, 0) is 10.0 Å². The standard InChI is InChI=1S/C27H33N5O3S/c1-18(2)32-13-11-27(12-14-32)17-35-24-16-23(25-19(3)7-5-8-20(25)4)28-26(29-24)31-36(33,34)22-10-6-9-21(15-22)30-27/h5-10,15-16,18,30H,11-14,17H2,1-4H3,(H,28,29,31). The highest BCUT2D eigenvalue weighted by Crippen LogP contribution is 2.33. The van der Waals surface area contributed by atoms with Gasteiger partial charge in [0, 0.05) is 36.4 Å². The molecule has 4 bridgehead atoms. The van der Waals surface area contributed by atoms with Gasteiger partial charge < -0.3 is 15.0 Å². The van der Waals surface area contributed by atoms with Crippen molar-refractivity contribution in [2.24, 2.45) is 0 Å². The van der Waals surface area contributed by atoms with E-state index >= 15 is 0 Å². The number of nitrogens with zero attached hydrogens (tertiary/aromatic N) is 3. The molecule has 0 saturated carbocycles. The van der Waals surface area contributed by atoms with E-state index in [0.29, 0.717) is 24.2 Å². The van der Waals surface area contributed by atoms with Crippen molar-refractivity contribution in [3.05, 3.63) is 59.7 Å². The zero-order valence-corrected chi connectivity index (χ0v) is 22.0. The second kappa shape index (κ2) is 9.37. The number of sulfonamides is 1.